The summed E-state index contributed by atoms with van der Waals surface area (Å²) < 4.78 is 86.9. The summed E-state index contributed by atoms with van der Waals surface area (Å²) in [5.41, 5.74) is 3.00. The number of amides is 2. The molecule has 4 aromatic carbocycles. The number of aryl methyl sites for hydroxylation is 1. The lowest BCUT2D eigenvalue weighted by Crippen LogP contribution is -2.23. The minimum absolute atomic E-state index is 0.115. The summed E-state index contributed by atoms with van der Waals surface area (Å²) in [6.45, 7) is 8.00. The van der Waals surface area contributed by atoms with Crippen molar-refractivity contribution in [1.29, 1.82) is 0 Å². The number of hydrogen-bond donors (Lipinski definition) is 4. The average Bonchev–Trinajstić information content (AvgIpc) is 3.33. The van der Waals surface area contributed by atoms with Crippen molar-refractivity contribution in [3.8, 4) is 17.0 Å². The number of nitrogens with one attached hydrogen (secondary N) is 2. The first kappa shape index (κ1) is 53.6. The number of phenols is 1. The van der Waals surface area contributed by atoms with Gasteiger partial charge in [-0.05, 0) is 117 Å². The molecule has 5 aromatic rings. The van der Waals surface area contributed by atoms with Crippen LogP contribution in [-0.4, -0.2) is 113 Å². The molecule has 370 valence electrons. The van der Waals surface area contributed by atoms with Crippen molar-refractivity contribution in [3.63, 3.8) is 0 Å². The Morgan fingerprint density at radius 1 is 0.710 bits per heavy atom. The highest BCUT2D eigenvalue weighted by Crippen LogP contribution is 2.33. The molecule has 19 heteroatoms. The van der Waals surface area contributed by atoms with Crippen LogP contribution in [0.4, 0.5) is 24.5 Å². The van der Waals surface area contributed by atoms with Crippen molar-refractivity contribution in [2.75, 3.05) is 81.9 Å². The zero-order chi connectivity index (χ0) is 49.8. The van der Waals surface area contributed by atoms with Gasteiger partial charge in [0.05, 0.1) is 67.2 Å². The molecule has 0 atom stereocenters. The Balaban J connectivity index is 1.01. The predicted octanol–water partition coefficient (Wildman–Crippen LogP) is 8.06. The van der Waals surface area contributed by atoms with Crippen LogP contribution in [0.3, 0.4) is 0 Å². The molecule has 0 fully saturated rings. The highest BCUT2D eigenvalue weighted by molar-refractivity contribution is 7.91. The molecule has 0 radical (unpaired) electrons. The number of aromatic carboxylic acids is 1. The molecule has 0 bridgehead atoms. The van der Waals surface area contributed by atoms with E-state index in [1.807, 2.05) is 44.2 Å². The number of nitrogens with zero attached hydrogens (tertiary/aromatic N) is 2. The number of pyridine rings is 1. The van der Waals surface area contributed by atoms with E-state index in [-0.39, 0.29) is 54.9 Å². The number of rotatable bonds is 28. The van der Waals surface area contributed by atoms with Crippen LogP contribution in [0, 0.1) is 0 Å². The molecule has 5 rings (SSSR count). The number of carboxylic acids is 1. The molecular weight excluding hydrogens is 922 g/mol. The first-order chi connectivity index (χ1) is 33.1. The largest absolute Gasteiger partial charge is 0.507 e. The van der Waals surface area contributed by atoms with E-state index >= 15 is 0 Å². The van der Waals surface area contributed by atoms with E-state index in [0.29, 0.717) is 73.9 Å². The summed E-state index contributed by atoms with van der Waals surface area (Å²) in [7, 11) is -3.75. The number of anilines is 2. The van der Waals surface area contributed by atoms with Crippen molar-refractivity contribution >= 4 is 39.0 Å². The first-order valence-corrected chi connectivity index (χ1v) is 24.0. The Morgan fingerprint density at radius 3 is 2.01 bits per heavy atom. The highest BCUT2D eigenvalue weighted by Gasteiger charge is 2.30. The monoisotopic (exact) mass is 978 g/mol. The third kappa shape index (κ3) is 16.7. The molecule has 0 aliphatic carbocycles. The van der Waals surface area contributed by atoms with Gasteiger partial charge in [0.15, 0.2) is 9.84 Å². The lowest BCUT2D eigenvalue weighted by atomic mass is 10.0. The number of aromatic nitrogens is 1. The molecule has 69 heavy (non-hydrogen) atoms. The van der Waals surface area contributed by atoms with Gasteiger partial charge in [0.1, 0.15) is 11.3 Å². The van der Waals surface area contributed by atoms with E-state index in [1.54, 1.807) is 18.2 Å². The number of ether oxygens (including phenoxy) is 4. The van der Waals surface area contributed by atoms with Gasteiger partial charge < -0.3 is 44.7 Å². The van der Waals surface area contributed by atoms with Crippen molar-refractivity contribution in [2.24, 2.45) is 0 Å². The van der Waals surface area contributed by atoms with Crippen LogP contribution in [-0.2, 0) is 47.9 Å². The van der Waals surface area contributed by atoms with Gasteiger partial charge in [-0.25, -0.2) is 13.2 Å². The maximum absolute atomic E-state index is 13.7. The summed E-state index contributed by atoms with van der Waals surface area (Å²) >= 11 is 0. The van der Waals surface area contributed by atoms with Crippen LogP contribution in [0.5, 0.6) is 5.75 Å². The summed E-state index contributed by atoms with van der Waals surface area (Å²) in [6.07, 6.45) is -1.47. The Kier molecular flexibility index (Phi) is 20.5. The van der Waals surface area contributed by atoms with Gasteiger partial charge in [0.2, 0.25) is 0 Å². The van der Waals surface area contributed by atoms with Crippen molar-refractivity contribution in [1.82, 2.24) is 10.3 Å². The minimum atomic E-state index is -4.51. The quantitative estimate of drug-likeness (QED) is 0.0351. The third-order valence-corrected chi connectivity index (χ3v) is 12.5. The van der Waals surface area contributed by atoms with E-state index in [1.165, 1.54) is 24.4 Å². The number of carbonyl (C=O) groups excluding carboxylic acids is 2. The second-order valence-corrected chi connectivity index (χ2v) is 17.7. The van der Waals surface area contributed by atoms with Gasteiger partial charge >= 0.3 is 12.1 Å². The number of aromatic hydroxyl groups is 1. The second-order valence-electron chi connectivity index (χ2n) is 15.6. The number of carboxylic acid groups (broad SMARTS) is 1. The maximum atomic E-state index is 13.7. The highest BCUT2D eigenvalue weighted by atomic mass is 32.2. The molecule has 0 unspecified atom stereocenters. The normalized spacial score (nSPS) is 11.6. The van der Waals surface area contributed by atoms with E-state index in [0.717, 1.165) is 54.7 Å². The van der Waals surface area contributed by atoms with Crippen LogP contribution >= 0.6 is 0 Å². The van der Waals surface area contributed by atoms with E-state index in [4.69, 9.17) is 24.1 Å². The molecule has 0 saturated carbocycles. The molecule has 4 N–H and O–H groups in total. The standard InChI is InChI=1S/C50H57F3N4O11S/c1-3-57(4-2)40-14-16-44(42(32-40)45-31-38(18-19-54-45)47(59)55-34-36-10-6-13-39(30-36)50(51,52)53)56-48(60)37-12-5-9-35(29-37)11-7-20-65-22-24-67-26-27-68-25-23-66-21-8-28-69(63,64)41-15-17-46(58)43(33-41)49(61)62/h5-6,9-10,12-19,29-33,58H,3-4,7-8,11,20-28,34H2,1-2H3,(H,55,59)(H,56,60)(H,61,62). The van der Waals surface area contributed by atoms with Crippen molar-refractivity contribution < 1.29 is 65.1 Å². The molecule has 1 heterocycles. The molecule has 0 spiro atoms. The number of sulfone groups is 1. The van der Waals surface area contributed by atoms with Gasteiger partial charge in [-0.15, -0.1) is 0 Å². The Labute approximate surface area is 399 Å². The second kappa shape index (κ2) is 26.4. The lowest BCUT2D eigenvalue weighted by molar-refractivity contribution is -0.137. The summed E-state index contributed by atoms with van der Waals surface area (Å²) in [5, 5.41) is 24.4. The molecule has 1 aromatic heterocycles. The molecule has 15 nitrogen and oxygen atoms in total. The molecule has 2 amide bonds. The molecule has 0 aliphatic rings. The summed E-state index contributed by atoms with van der Waals surface area (Å²) in [5.74, 6) is -3.02. The lowest BCUT2D eigenvalue weighted by Gasteiger charge is -2.23. The Bertz CT molecular complexity index is 2610. The van der Waals surface area contributed by atoms with Gasteiger partial charge in [-0.1, -0.05) is 24.3 Å². The molecule has 0 aliphatic heterocycles. The predicted molar refractivity (Wildman–Crippen MR) is 254 cm³/mol. The van der Waals surface area contributed by atoms with Gasteiger partial charge in [0, 0.05) is 61.4 Å². The van der Waals surface area contributed by atoms with Gasteiger partial charge in [-0.3, -0.25) is 14.6 Å². The van der Waals surface area contributed by atoms with Crippen LogP contribution < -0.4 is 15.5 Å². The number of hydrogen-bond acceptors (Lipinski definition) is 12. The van der Waals surface area contributed by atoms with E-state index < -0.39 is 44.8 Å². The van der Waals surface area contributed by atoms with Crippen LogP contribution in [0.15, 0.2) is 108 Å². The fourth-order valence-corrected chi connectivity index (χ4v) is 8.36. The molecular formula is C50H57F3N4O11S. The summed E-state index contributed by atoms with van der Waals surface area (Å²) in [6, 6.07) is 23.9. The zero-order valence-electron chi connectivity index (χ0n) is 38.4. The van der Waals surface area contributed by atoms with Crippen molar-refractivity contribution in [2.45, 2.75) is 50.7 Å². The minimum Gasteiger partial charge on any atom is -0.507 e. The number of halogens is 3. The van der Waals surface area contributed by atoms with Crippen LogP contribution in [0.1, 0.15) is 74.5 Å². The number of alkyl halides is 3. The van der Waals surface area contributed by atoms with E-state index in [2.05, 4.69) is 20.5 Å². The van der Waals surface area contributed by atoms with Gasteiger partial charge in [-0.2, -0.15) is 13.2 Å². The fourth-order valence-electron chi connectivity index (χ4n) is 7.05. The Hall–Kier alpha value is -6.38. The summed E-state index contributed by atoms with van der Waals surface area (Å²) in [4.78, 5) is 44.6. The molecule has 0 saturated heterocycles. The van der Waals surface area contributed by atoms with Crippen LogP contribution in [0.25, 0.3) is 11.3 Å². The van der Waals surface area contributed by atoms with Crippen LogP contribution in [0.2, 0.25) is 0 Å². The topological polar surface area (TPSA) is 203 Å². The van der Waals surface area contributed by atoms with Gasteiger partial charge in [0.25, 0.3) is 11.8 Å². The average molecular weight is 979 g/mol. The van der Waals surface area contributed by atoms with E-state index in [9.17, 15) is 41.1 Å². The first-order valence-electron chi connectivity index (χ1n) is 22.4. The maximum Gasteiger partial charge on any atom is 0.416 e. The third-order valence-electron chi connectivity index (χ3n) is 10.7. The zero-order valence-corrected chi connectivity index (χ0v) is 39.2. The van der Waals surface area contributed by atoms with Crippen molar-refractivity contribution in [3.05, 3.63) is 137 Å². The fraction of sp³-hybridized carbons (Fsp3) is 0.360. The number of benzene rings is 4. The Morgan fingerprint density at radius 2 is 1.35 bits per heavy atom. The SMILES string of the molecule is CCN(CC)c1ccc(NC(=O)c2cccc(CCCOCCOCCOCCOCCCS(=O)(=O)c3ccc(O)c(C(=O)O)c3)c2)c(-c2cc(C(=O)NCc3cccc(C(F)(F)F)c3)ccn2)c1. The smallest absolute Gasteiger partial charge is 0.416 e. The number of carbonyl (C=O) groups is 3.